The first-order chi connectivity index (χ1) is 12.6. The van der Waals surface area contributed by atoms with Crippen LogP contribution in [0.15, 0.2) is 0 Å². The number of hydrogen-bond acceptors (Lipinski definition) is 4. The fourth-order valence-electron chi connectivity index (χ4n) is 3.28. The van der Waals surface area contributed by atoms with Crippen LogP contribution in [-0.4, -0.2) is 42.1 Å². The van der Waals surface area contributed by atoms with Crippen molar-refractivity contribution in [1.29, 1.82) is 0 Å². The van der Waals surface area contributed by atoms with E-state index in [0.717, 1.165) is 0 Å². The van der Waals surface area contributed by atoms with Crippen LogP contribution in [0.1, 0.15) is 82.1 Å². The van der Waals surface area contributed by atoms with E-state index in [1.54, 1.807) is 6.92 Å². The second-order valence-electron chi connectivity index (χ2n) is 9.43. The van der Waals surface area contributed by atoms with Gasteiger partial charge in [0.2, 0.25) is 5.91 Å². The lowest BCUT2D eigenvalue weighted by Crippen LogP contribution is -2.52. The maximum Gasteiger partial charge on any atom is 0.226 e. The van der Waals surface area contributed by atoms with Gasteiger partial charge in [-0.15, -0.1) is 0 Å². The normalized spacial score (nSPS) is 15.4. The highest BCUT2D eigenvalue weighted by atomic mass is 79.9. The van der Waals surface area contributed by atoms with Crippen molar-refractivity contribution in [3.63, 3.8) is 0 Å². The molecule has 1 atom stereocenters. The molecular formula is C22H42BrNO4. The number of ether oxygens (including phenoxy) is 2. The van der Waals surface area contributed by atoms with Crippen LogP contribution in [0.5, 0.6) is 0 Å². The van der Waals surface area contributed by atoms with Gasteiger partial charge in [0.15, 0.2) is 6.29 Å². The molecule has 0 saturated carbocycles. The summed E-state index contributed by atoms with van der Waals surface area (Å²) in [5.74, 6) is 0.0949. The Balaban J connectivity index is 5.22. The van der Waals surface area contributed by atoms with Crippen LogP contribution >= 0.6 is 15.9 Å². The quantitative estimate of drug-likeness (QED) is 0.304. The first-order valence-corrected chi connectivity index (χ1v) is 11.1. The molecule has 0 aliphatic heterocycles. The molecule has 0 spiro atoms. The molecule has 0 radical (unpaired) electrons. The van der Waals surface area contributed by atoms with Gasteiger partial charge >= 0.3 is 0 Å². The summed E-state index contributed by atoms with van der Waals surface area (Å²) in [6.07, 6.45) is 0.888. The molecule has 1 N–H and O–H groups in total. The summed E-state index contributed by atoms with van der Waals surface area (Å²) < 4.78 is 10.7. The first kappa shape index (κ1) is 27.5. The maximum atomic E-state index is 13.0. The van der Waals surface area contributed by atoms with E-state index >= 15 is 0 Å². The van der Waals surface area contributed by atoms with Crippen LogP contribution in [0.25, 0.3) is 0 Å². The zero-order valence-electron chi connectivity index (χ0n) is 19.6. The Bertz CT molecular complexity index is 519. The molecule has 166 valence electrons. The minimum Gasteiger partial charge on any atom is -0.355 e. The molecule has 0 aromatic rings. The van der Waals surface area contributed by atoms with E-state index < -0.39 is 16.2 Å². The smallest absolute Gasteiger partial charge is 0.226 e. The number of rotatable bonds is 13. The molecule has 0 rings (SSSR count). The summed E-state index contributed by atoms with van der Waals surface area (Å²) in [6, 6.07) is 0. The Morgan fingerprint density at radius 1 is 0.964 bits per heavy atom. The van der Waals surface area contributed by atoms with Crippen LogP contribution < -0.4 is 5.32 Å². The number of carbonyl (C=O) groups excluding carboxylic acids is 2. The molecule has 0 bridgehead atoms. The zero-order valence-corrected chi connectivity index (χ0v) is 21.2. The van der Waals surface area contributed by atoms with Crippen LogP contribution in [0.2, 0.25) is 0 Å². The van der Waals surface area contributed by atoms with Gasteiger partial charge in [-0.1, -0.05) is 50.5 Å². The predicted molar refractivity (Wildman–Crippen MR) is 119 cm³/mol. The molecule has 0 fully saturated rings. The van der Waals surface area contributed by atoms with Gasteiger partial charge in [-0.2, -0.15) is 0 Å². The predicted octanol–water partition coefficient (Wildman–Crippen LogP) is 5.10. The van der Waals surface area contributed by atoms with Gasteiger partial charge in [-0.25, -0.2) is 0 Å². The Morgan fingerprint density at radius 3 is 1.79 bits per heavy atom. The second-order valence-corrected chi connectivity index (χ2v) is 11.4. The lowest BCUT2D eigenvalue weighted by atomic mass is 9.57. The molecule has 0 saturated heterocycles. The molecule has 0 heterocycles. The van der Waals surface area contributed by atoms with Crippen molar-refractivity contribution in [3.05, 3.63) is 0 Å². The summed E-state index contributed by atoms with van der Waals surface area (Å²) >= 11 is 3.70. The average Bonchev–Trinajstić information content (AvgIpc) is 2.53. The third-order valence-corrected chi connectivity index (χ3v) is 7.39. The summed E-state index contributed by atoms with van der Waals surface area (Å²) in [6.45, 7) is 21.1. The summed E-state index contributed by atoms with van der Waals surface area (Å²) in [5.41, 5.74) is -1.65. The SMILES string of the molecule is CCOC(CCNC(=O)C(C)(C)C(C)(C)CC(C)(C(C)=O)C(C)(C)Br)OCC. The van der Waals surface area contributed by atoms with Gasteiger partial charge in [0, 0.05) is 41.3 Å². The van der Waals surface area contributed by atoms with Crippen molar-refractivity contribution in [1.82, 2.24) is 5.32 Å². The molecule has 0 aromatic carbocycles. The minimum atomic E-state index is -0.658. The molecular weight excluding hydrogens is 422 g/mol. The standard InChI is InChI=1S/C22H42BrNO4/c1-11-27-17(28-12-2)13-14-24-18(26)20(6,7)19(4,5)15-22(10,16(3)25)21(8,9)23/h17H,11-15H2,1-10H3,(H,24,26). The number of Topliss-reactive ketones (excluding diaryl/α,β-unsaturated/α-hetero) is 1. The van der Waals surface area contributed by atoms with E-state index in [-0.39, 0.29) is 22.3 Å². The Morgan fingerprint density at radius 2 is 1.43 bits per heavy atom. The van der Waals surface area contributed by atoms with Gasteiger partial charge in [0.05, 0.1) is 0 Å². The van der Waals surface area contributed by atoms with Crippen LogP contribution in [0, 0.1) is 16.2 Å². The highest BCUT2D eigenvalue weighted by molar-refractivity contribution is 9.10. The molecule has 6 heteroatoms. The number of halogens is 1. The van der Waals surface area contributed by atoms with Crippen molar-refractivity contribution in [2.24, 2.45) is 16.2 Å². The largest absolute Gasteiger partial charge is 0.355 e. The topological polar surface area (TPSA) is 64.6 Å². The van der Waals surface area contributed by atoms with Gasteiger partial charge in [-0.05, 0) is 46.5 Å². The van der Waals surface area contributed by atoms with E-state index in [2.05, 4.69) is 35.1 Å². The highest BCUT2D eigenvalue weighted by Crippen LogP contribution is 2.52. The summed E-state index contributed by atoms with van der Waals surface area (Å²) in [4.78, 5) is 25.5. The fourth-order valence-corrected chi connectivity index (χ4v) is 3.70. The fraction of sp³-hybridized carbons (Fsp3) is 0.909. The first-order valence-electron chi connectivity index (χ1n) is 10.3. The summed E-state index contributed by atoms with van der Waals surface area (Å²) in [5, 5.41) is 3.03. The van der Waals surface area contributed by atoms with Gasteiger partial charge in [-0.3, -0.25) is 9.59 Å². The Kier molecular flexibility index (Phi) is 10.4. The third-order valence-electron chi connectivity index (χ3n) is 6.51. The van der Waals surface area contributed by atoms with E-state index in [0.29, 0.717) is 32.6 Å². The van der Waals surface area contributed by atoms with E-state index in [1.807, 2.05) is 48.5 Å². The Labute approximate surface area is 180 Å². The molecule has 1 amide bonds. The van der Waals surface area contributed by atoms with E-state index in [9.17, 15) is 9.59 Å². The van der Waals surface area contributed by atoms with Crippen LogP contribution in [0.3, 0.4) is 0 Å². The van der Waals surface area contributed by atoms with Gasteiger partial charge in [0.1, 0.15) is 5.78 Å². The molecule has 1 unspecified atom stereocenters. The number of carbonyl (C=O) groups is 2. The zero-order chi connectivity index (χ0) is 22.4. The van der Waals surface area contributed by atoms with Crippen LogP contribution in [-0.2, 0) is 19.1 Å². The van der Waals surface area contributed by atoms with E-state index in [1.165, 1.54) is 0 Å². The average molecular weight is 464 g/mol. The van der Waals surface area contributed by atoms with Crippen molar-refractivity contribution in [3.8, 4) is 0 Å². The number of ketones is 1. The van der Waals surface area contributed by atoms with Crippen molar-refractivity contribution >= 4 is 27.6 Å². The number of amides is 1. The lowest BCUT2D eigenvalue weighted by Gasteiger charge is -2.49. The minimum absolute atomic E-state index is 0.0254. The monoisotopic (exact) mass is 463 g/mol. The Hall–Kier alpha value is -0.460. The van der Waals surface area contributed by atoms with E-state index in [4.69, 9.17) is 9.47 Å². The van der Waals surface area contributed by atoms with Crippen molar-refractivity contribution in [2.75, 3.05) is 19.8 Å². The molecule has 0 aliphatic carbocycles. The van der Waals surface area contributed by atoms with Gasteiger partial charge in [0.25, 0.3) is 0 Å². The molecule has 0 aliphatic rings. The highest BCUT2D eigenvalue weighted by Gasteiger charge is 2.52. The molecule has 0 aromatic heterocycles. The molecule has 5 nitrogen and oxygen atoms in total. The third kappa shape index (κ3) is 6.81. The van der Waals surface area contributed by atoms with Crippen molar-refractivity contribution < 1.29 is 19.1 Å². The maximum absolute atomic E-state index is 13.0. The van der Waals surface area contributed by atoms with Gasteiger partial charge < -0.3 is 14.8 Å². The number of alkyl halides is 1. The molecule has 28 heavy (non-hydrogen) atoms. The lowest BCUT2D eigenvalue weighted by molar-refractivity contribution is -0.145. The second kappa shape index (κ2) is 10.5. The number of hydrogen-bond donors (Lipinski definition) is 1. The van der Waals surface area contributed by atoms with Crippen LogP contribution in [0.4, 0.5) is 0 Å². The number of nitrogens with one attached hydrogen (secondary N) is 1. The summed E-state index contributed by atoms with van der Waals surface area (Å²) in [7, 11) is 0. The van der Waals surface area contributed by atoms with Crippen molar-refractivity contribution in [2.45, 2.75) is 92.7 Å².